The average Bonchev–Trinajstić information content (AvgIpc) is 3.28. The van der Waals surface area contributed by atoms with E-state index in [2.05, 4.69) is 10.1 Å². The van der Waals surface area contributed by atoms with Gasteiger partial charge in [0.2, 0.25) is 0 Å². The minimum atomic E-state index is -0.279. The van der Waals surface area contributed by atoms with Gasteiger partial charge in [-0.3, -0.25) is 18.8 Å². The molecule has 0 unspecified atom stereocenters. The summed E-state index contributed by atoms with van der Waals surface area (Å²) in [5.41, 5.74) is 4.88. The molecule has 6 rings (SSSR count). The van der Waals surface area contributed by atoms with Crippen LogP contribution in [0.2, 0.25) is 0 Å². The topological polar surface area (TPSA) is 76.1 Å². The lowest BCUT2D eigenvalue weighted by Gasteiger charge is -2.18. The van der Waals surface area contributed by atoms with Crippen LogP contribution in [-0.4, -0.2) is 37.6 Å². The third-order valence-corrected chi connectivity index (χ3v) is 6.22. The number of ether oxygens (including phenoxy) is 2. The highest BCUT2D eigenvalue weighted by Crippen LogP contribution is 2.47. The quantitative estimate of drug-likeness (QED) is 0.442. The number of imidazole rings is 1. The number of nitrogens with zero attached hydrogens (tertiary/aromatic N) is 5. The Hall–Kier alpha value is -4.07. The Morgan fingerprint density at radius 3 is 2.69 bits per heavy atom. The van der Waals surface area contributed by atoms with Gasteiger partial charge in [-0.1, -0.05) is 30.3 Å². The standard InChI is InChI=1S/C24H21N5O3/c1-27-12-15(10-26-27)20-19(31-3)9-16-21-22-17(11-25-16)28(2)24(30)29(22)18(13-32-23(20)21)14-7-5-4-6-8-14/h4-12,18H,13H2,1-3H3/t18-/m0/s1. The smallest absolute Gasteiger partial charge is 0.329 e. The minimum absolute atomic E-state index is 0.0988. The molecule has 0 aliphatic carbocycles. The first kappa shape index (κ1) is 18.7. The van der Waals surface area contributed by atoms with E-state index in [0.717, 1.165) is 33.1 Å². The van der Waals surface area contributed by atoms with E-state index < -0.39 is 0 Å². The fraction of sp³-hybridized carbons (Fsp3) is 0.208. The summed E-state index contributed by atoms with van der Waals surface area (Å²) < 4.78 is 17.5. The Kier molecular flexibility index (Phi) is 3.92. The van der Waals surface area contributed by atoms with Crippen molar-refractivity contribution in [2.75, 3.05) is 13.7 Å². The molecule has 4 heterocycles. The van der Waals surface area contributed by atoms with Crippen LogP contribution in [0.25, 0.3) is 33.1 Å². The minimum Gasteiger partial charge on any atom is -0.496 e. The van der Waals surface area contributed by atoms with Crippen LogP contribution in [0.5, 0.6) is 11.5 Å². The van der Waals surface area contributed by atoms with Gasteiger partial charge in [-0.25, -0.2) is 4.79 Å². The van der Waals surface area contributed by atoms with E-state index in [9.17, 15) is 4.79 Å². The number of aryl methyl sites for hydroxylation is 2. The van der Waals surface area contributed by atoms with Gasteiger partial charge >= 0.3 is 5.69 Å². The van der Waals surface area contributed by atoms with Crippen LogP contribution < -0.4 is 15.2 Å². The Bertz CT molecular complexity index is 1560. The van der Waals surface area contributed by atoms with E-state index in [-0.39, 0.29) is 11.7 Å². The summed E-state index contributed by atoms with van der Waals surface area (Å²) in [6.45, 7) is 0.299. The van der Waals surface area contributed by atoms with Gasteiger partial charge < -0.3 is 9.47 Å². The van der Waals surface area contributed by atoms with E-state index >= 15 is 0 Å². The molecule has 1 atom stereocenters. The van der Waals surface area contributed by atoms with Crippen LogP contribution in [0, 0.1) is 0 Å². The van der Waals surface area contributed by atoms with E-state index in [4.69, 9.17) is 9.47 Å². The Morgan fingerprint density at radius 1 is 1.16 bits per heavy atom. The molecule has 0 bridgehead atoms. The van der Waals surface area contributed by atoms with Crippen molar-refractivity contribution >= 4 is 21.9 Å². The number of methoxy groups -OCH3 is 1. The summed E-state index contributed by atoms with van der Waals surface area (Å²) >= 11 is 0. The van der Waals surface area contributed by atoms with Gasteiger partial charge in [0.15, 0.2) is 0 Å². The largest absolute Gasteiger partial charge is 0.496 e. The van der Waals surface area contributed by atoms with Crippen molar-refractivity contribution in [3.05, 3.63) is 71.0 Å². The molecule has 8 heteroatoms. The van der Waals surface area contributed by atoms with Gasteiger partial charge in [0.25, 0.3) is 0 Å². The molecule has 0 fully saturated rings. The predicted molar refractivity (Wildman–Crippen MR) is 121 cm³/mol. The number of hydrogen-bond acceptors (Lipinski definition) is 5. The zero-order valence-corrected chi connectivity index (χ0v) is 17.9. The lowest BCUT2D eigenvalue weighted by atomic mass is 10.0. The monoisotopic (exact) mass is 427 g/mol. The third-order valence-electron chi connectivity index (χ3n) is 6.22. The normalized spacial score (nSPS) is 15.3. The maximum absolute atomic E-state index is 13.4. The first-order valence-electron chi connectivity index (χ1n) is 10.4. The van der Waals surface area contributed by atoms with E-state index in [0.29, 0.717) is 23.6 Å². The van der Waals surface area contributed by atoms with Crippen molar-refractivity contribution in [1.82, 2.24) is 23.9 Å². The van der Waals surface area contributed by atoms with Gasteiger partial charge in [0.1, 0.15) is 18.1 Å². The van der Waals surface area contributed by atoms with Crippen molar-refractivity contribution in [2.45, 2.75) is 6.04 Å². The summed E-state index contributed by atoms with van der Waals surface area (Å²) in [7, 11) is 5.29. The second-order valence-corrected chi connectivity index (χ2v) is 8.02. The number of pyridine rings is 1. The molecular weight excluding hydrogens is 406 g/mol. The molecule has 0 amide bonds. The Balaban J connectivity index is 1.77. The van der Waals surface area contributed by atoms with Gasteiger partial charge in [-0.2, -0.15) is 5.10 Å². The Morgan fingerprint density at radius 2 is 1.97 bits per heavy atom. The summed E-state index contributed by atoms with van der Waals surface area (Å²) in [6.07, 6.45) is 5.46. The molecule has 8 nitrogen and oxygen atoms in total. The SMILES string of the molecule is COc1cc2ncc3c4c2c(c1-c1cnn(C)c1)OC[C@@H](c1ccccc1)n4c(=O)n3C. The van der Waals surface area contributed by atoms with Gasteiger partial charge in [0, 0.05) is 31.9 Å². The molecule has 2 aromatic carbocycles. The lowest BCUT2D eigenvalue weighted by Crippen LogP contribution is -2.29. The van der Waals surface area contributed by atoms with Crippen LogP contribution in [-0.2, 0) is 14.1 Å². The van der Waals surface area contributed by atoms with E-state index in [1.54, 1.807) is 35.8 Å². The van der Waals surface area contributed by atoms with Crippen molar-refractivity contribution in [1.29, 1.82) is 0 Å². The molecule has 0 spiro atoms. The summed E-state index contributed by atoms with van der Waals surface area (Å²) in [4.78, 5) is 18.1. The molecule has 32 heavy (non-hydrogen) atoms. The first-order chi connectivity index (χ1) is 15.6. The van der Waals surface area contributed by atoms with Crippen LogP contribution >= 0.6 is 0 Å². The average molecular weight is 427 g/mol. The number of rotatable bonds is 3. The van der Waals surface area contributed by atoms with Crippen LogP contribution in [0.1, 0.15) is 11.6 Å². The highest BCUT2D eigenvalue weighted by molar-refractivity contribution is 6.10. The van der Waals surface area contributed by atoms with E-state index in [1.807, 2.05) is 54.2 Å². The molecule has 0 saturated carbocycles. The number of aromatic nitrogens is 5. The summed E-state index contributed by atoms with van der Waals surface area (Å²) in [5, 5.41) is 5.14. The zero-order valence-electron chi connectivity index (χ0n) is 17.9. The van der Waals surface area contributed by atoms with Gasteiger partial charge in [0.05, 0.1) is 53.0 Å². The molecule has 0 N–H and O–H groups in total. The molecule has 1 aliphatic heterocycles. The van der Waals surface area contributed by atoms with Crippen LogP contribution in [0.15, 0.2) is 59.8 Å². The second kappa shape index (κ2) is 6.71. The number of benzene rings is 2. The highest BCUT2D eigenvalue weighted by atomic mass is 16.5. The lowest BCUT2D eigenvalue weighted by molar-refractivity contribution is 0.278. The van der Waals surface area contributed by atoms with Gasteiger partial charge in [-0.15, -0.1) is 0 Å². The molecule has 5 aromatic rings. The van der Waals surface area contributed by atoms with Crippen molar-refractivity contribution in [3.63, 3.8) is 0 Å². The Labute approximate surface area is 183 Å². The predicted octanol–water partition coefficient (Wildman–Crippen LogP) is 3.28. The number of hydrogen-bond donors (Lipinski definition) is 0. The summed E-state index contributed by atoms with van der Waals surface area (Å²) in [5.74, 6) is 1.30. The molecule has 3 aromatic heterocycles. The molecule has 0 saturated heterocycles. The molecule has 0 radical (unpaired) electrons. The highest BCUT2D eigenvalue weighted by Gasteiger charge is 2.31. The molecule has 1 aliphatic rings. The van der Waals surface area contributed by atoms with Crippen LogP contribution in [0.3, 0.4) is 0 Å². The van der Waals surface area contributed by atoms with Crippen molar-refractivity contribution in [3.8, 4) is 22.6 Å². The van der Waals surface area contributed by atoms with E-state index in [1.165, 1.54) is 0 Å². The fourth-order valence-electron chi connectivity index (χ4n) is 4.70. The third kappa shape index (κ3) is 2.46. The molecular formula is C24H21N5O3. The van der Waals surface area contributed by atoms with Crippen molar-refractivity contribution in [2.24, 2.45) is 14.1 Å². The second-order valence-electron chi connectivity index (χ2n) is 8.02. The van der Waals surface area contributed by atoms with Crippen molar-refractivity contribution < 1.29 is 9.47 Å². The van der Waals surface area contributed by atoms with Crippen LogP contribution in [0.4, 0.5) is 0 Å². The molecule has 160 valence electrons. The summed E-state index contributed by atoms with van der Waals surface area (Å²) in [6, 6.07) is 11.6. The maximum atomic E-state index is 13.4. The van der Waals surface area contributed by atoms with Gasteiger partial charge in [-0.05, 0) is 5.56 Å². The zero-order chi connectivity index (χ0) is 22.0. The fourth-order valence-corrected chi connectivity index (χ4v) is 4.70. The first-order valence-corrected chi connectivity index (χ1v) is 10.4. The maximum Gasteiger partial charge on any atom is 0.329 e.